The Morgan fingerprint density at radius 3 is 2.46 bits per heavy atom. The summed E-state index contributed by atoms with van der Waals surface area (Å²) in [5.74, 6) is 1.58. The molecule has 0 atom stereocenters. The van der Waals surface area contributed by atoms with E-state index in [2.05, 4.69) is 32.0 Å². The number of anilines is 1. The van der Waals surface area contributed by atoms with Gasteiger partial charge in [0, 0.05) is 50.5 Å². The molecule has 28 heavy (non-hydrogen) atoms. The van der Waals surface area contributed by atoms with E-state index in [9.17, 15) is 4.39 Å². The first-order valence-corrected chi connectivity index (χ1v) is 10.0. The SMILES string of the molecule is CCNC(=NCC1(c2ccccc2F)CC1)N1CCN(c2ncccn2)CC1. The Balaban J connectivity index is 1.43. The molecule has 0 spiro atoms. The van der Waals surface area contributed by atoms with Crippen LogP contribution in [0.3, 0.4) is 0 Å². The standard InChI is InChI=1S/C21H27FN6/c1-2-23-19(26-16-21(8-9-21)17-6-3-4-7-18(17)22)27-12-14-28(15-13-27)20-24-10-5-11-25-20/h3-7,10-11H,2,8-9,12-16H2,1H3,(H,23,26). The fourth-order valence-electron chi connectivity index (χ4n) is 3.78. The van der Waals surface area contributed by atoms with Crippen molar-refractivity contribution in [2.45, 2.75) is 25.2 Å². The van der Waals surface area contributed by atoms with Crippen LogP contribution in [0.5, 0.6) is 0 Å². The molecule has 2 aliphatic rings. The molecule has 1 aliphatic heterocycles. The summed E-state index contributed by atoms with van der Waals surface area (Å²) in [4.78, 5) is 18.1. The molecular weight excluding hydrogens is 355 g/mol. The van der Waals surface area contributed by atoms with Crippen molar-refractivity contribution in [1.82, 2.24) is 20.2 Å². The van der Waals surface area contributed by atoms with Crippen LogP contribution >= 0.6 is 0 Å². The van der Waals surface area contributed by atoms with E-state index in [1.165, 1.54) is 0 Å². The lowest BCUT2D eigenvalue weighted by Gasteiger charge is -2.36. The number of nitrogens with one attached hydrogen (secondary N) is 1. The molecule has 0 radical (unpaired) electrons. The van der Waals surface area contributed by atoms with Gasteiger partial charge in [-0.15, -0.1) is 0 Å². The van der Waals surface area contributed by atoms with Gasteiger partial charge in [-0.25, -0.2) is 14.4 Å². The molecule has 0 amide bonds. The minimum Gasteiger partial charge on any atom is -0.357 e. The lowest BCUT2D eigenvalue weighted by atomic mass is 9.95. The van der Waals surface area contributed by atoms with Gasteiger partial charge < -0.3 is 15.1 Å². The van der Waals surface area contributed by atoms with Crippen LogP contribution in [0.4, 0.5) is 10.3 Å². The molecular formula is C21H27FN6. The Hall–Kier alpha value is -2.70. The quantitative estimate of drug-likeness (QED) is 0.636. The summed E-state index contributed by atoms with van der Waals surface area (Å²) < 4.78 is 14.3. The summed E-state index contributed by atoms with van der Waals surface area (Å²) in [6.45, 7) is 6.94. The van der Waals surface area contributed by atoms with Crippen molar-refractivity contribution in [2.75, 3.05) is 44.2 Å². The Labute approximate surface area is 165 Å². The van der Waals surface area contributed by atoms with Crippen LogP contribution in [0.2, 0.25) is 0 Å². The van der Waals surface area contributed by atoms with Gasteiger partial charge in [0.1, 0.15) is 5.82 Å². The second kappa shape index (κ2) is 8.12. The number of nitrogens with zero attached hydrogens (tertiary/aromatic N) is 5. The zero-order valence-electron chi connectivity index (χ0n) is 16.3. The van der Waals surface area contributed by atoms with E-state index in [1.807, 2.05) is 18.2 Å². The summed E-state index contributed by atoms with van der Waals surface area (Å²) in [5, 5.41) is 3.41. The maximum Gasteiger partial charge on any atom is 0.225 e. The molecule has 6 nitrogen and oxygen atoms in total. The first-order valence-electron chi connectivity index (χ1n) is 10.0. The molecule has 7 heteroatoms. The minimum absolute atomic E-state index is 0.114. The predicted molar refractivity (Wildman–Crippen MR) is 109 cm³/mol. The number of aromatic nitrogens is 2. The second-order valence-electron chi connectivity index (χ2n) is 7.45. The van der Waals surface area contributed by atoms with Crippen LogP contribution < -0.4 is 10.2 Å². The third-order valence-electron chi connectivity index (χ3n) is 5.58. The molecule has 2 aromatic rings. The number of halogens is 1. The molecule has 1 aromatic heterocycles. The highest BCUT2D eigenvalue weighted by molar-refractivity contribution is 5.80. The highest BCUT2D eigenvalue weighted by Gasteiger charge is 2.46. The topological polar surface area (TPSA) is 56.7 Å². The number of hydrogen-bond donors (Lipinski definition) is 1. The summed E-state index contributed by atoms with van der Waals surface area (Å²) >= 11 is 0. The number of aliphatic imine (C=N–C) groups is 1. The van der Waals surface area contributed by atoms with E-state index in [0.29, 0.717) is 6.54 Å². The van der Waals surface area contributed by atoms with Gasteiger partial charge in [0.2, 0.25) is 5.95 Å². The molecule has 1 aliphatic carbocycles. The summed E-state index contributed by atoms with van der Waals surface area (Å²) in [6.07, 6.45) is 5.54. The third-order valence-corrected chi connectivity index (χ3v) is 5.58. The Bertz CT molecular complexity index is 813. The number of rotatable bonds is 5. The van der Waals surface area contributed by atoms with Gasteiger partial charge in [-0.1, -0.05) is 18.2 Å². The summed E-state index contributed by atoms with van der Waals surface area (Å²) in [5.41, 5.74) is 0.673. The van der Waals surface area contributed by atoms with Crippen LogP contribution in [0, 0.1) is 5.82 Å². The fourth-order valence-corrected chi connectivity index (χ4v) is 3.78. The molecule has 1 saturated carbocycles. The Morgan fingerprint density at radius 1 is 1.11 bits per heavy atom. The highest BCUT2D eigenvalue weighted by Crippen LogP contribution is 2.49. The fraction of sp³-hybridized carbons (Fsp3) is 0.476. The molecule has 0 unspecified atom stereocenters. The maximum absolute atomic E-state index is 14.3. The Morgan fingerprint density at radius 2 is 1.82 bits per heavy atom. The number of hydrogen-bond acceptors (Lipinski definition) is 4. The second-order valence-corrected chi connectivity index (χ2v) is 7.45. The van der Waals surface area contributed by atoms with E-state index in [0.717, 1.165) is 63.0 Å². The number of benzene rings is 1. The van der Waals surface area contributed by atoms with Crippen molar-refractivity contribution in [3.8, 4) is 0 Å². The third kappa shape index (κ3) is 3.93. The van der Waals surface area contributed by atoms with Crippen molar-refractivity contribution in [2.24, 2.45) is 4.99 Å². The minimum atomic E-state index is -0.133. The van der Waals surface area contributed by atoms with Crippen LogP contribution in [-0.4, -0.2) is 60.1 Å². The van der Waals surface area contributed by atoms with E-state index in [4.69, 9.17) is 4.99 Å². The average molecular weight is 382 g/mol. The van der Waals surface area contributed by atoms with Gasteiger partial charge in [-0.05, 0) is 37.5 Å². The van der Waals surface area contributed by atoms with Crippen molar-refractivity contribution in [1.29, 1.82) is 0 Å². The predicted octanol–water partition coefficient (Wildman–Crippen LogP) is 2.44. The lowest BCUT2D eigenvalue weighted by molar-refractivity contribution is 0.369. The van der Waals surface area contributed by atoms with Gasteiger partial charge >= 0.3 is 0 Å². The van der Waals surface area contributed by atoms with E-state index < -0.39 is 0 Å². The van der Waals surface area contributed by atoms with E-state index >= 15 is 0 Å². The van der Waals surface area contributed by atoms with Crippen LogP contribution in [-0.2, 0) is 5.41 Å². The van der Waals surface area contributed by atoms with E-state index in [-0.39, 0.29) is 11.2 Å². The van der Waals surface area contributed by atoms with E-state index in [1.54, 1.807) is 24.5 Å². The molecule has 4 rings (SSSR count). The molecule has 1 aromatic carbocycles. The number of guanidine groups is 1. The summed E-state index contributed by atoms with van der Waals surface area (Å²) in [7, 11) is 0. The maximum atomic E-state index is 14.3. The first kappa shape index (κ1) is 18.7. The smallest absolute Gasteiger partial charge is 0.225 e. The molecule has 2 fully saturated rings. The molecule has 2 heterocycles. The van der Waals surface area contributed by atoms with Crippen LogP contribution in [0.1, 0.15) is 25.3 Å². The summed E-state index contributed by atoms with van der Waals surface area (Å²) in [6, 6.07) is 8.95. The van der Waals surface area contributed by atoms with Crippen molar-refractivity contribution >= 4 is 11.9 Å². The van der Waals surface area contributed by atoms with Crippen LogP contribution in [0.15, 0.2) is 47.7 Å². The molecule has 1 saturated heterocycles. The van der Waals surface area contributed by atoms with Crippen molar-refractivity contribution in [3.63, 3.8) is 0 Å². The number of piperazine rings is 1. The molecule has 0 bridgehead atoms. The van der Waals surface area contributed by atoms with Gasteiger partial charge in [-0.3, -0.25) is 4.99 Å². The lowest BCUT2D eigenvalue weighted by Crippen LogP contribution is -2.53. The van der Waals surface area contributed by atoms with Gasteiger partial charge in [-0.2, -0.15) is 0 Å². The van der Waals surface area contributed by atoms with Gasteiger partial charge in [0.05, 0.1) is 6.54 Å². The first-order chi connectivity index (χ1) is 13.7. The van der Waals surface area contributed by atoms with Crippen molar-refractivity contribution in [3.05, 3.63) is 54.1 Å². The molecule has 1 N–H and O–H groups in total. The van der Waals surface area contributed by atoms with Gasteiger partial charge in [0.25, 0.3) is 0 Å². The largest absolute Gasteiger partial charge is 0.357 e. The zero-order chi connectivity index (χ0) is 19.4. The average Bonchev–Trinajstić information content (AvgIpc) is 3.53. The monoisotopic (exact) mass is 382 g/mol. The Kier molecular flexibility index (Phi) is 5.41. The molecule has 148 valence electrons. The normalized spacial score (nSPS) is 18.9. The van der Waals surface area contributed by atoms with Gasteiger partial charge in [0.15, 0.2) is 5.96 Å². The van der Waals surface area contributed by atoms with Crippen LogP contribution in [0.25, 0.3) is 0 Å². The zero-order valence-corrected chi connectivity index (χ0v) is 16.3. The van der Waals surface area contributed by atoms with Crippen molar-refractivity contribution < 1.29 is 4.39 Å². The highest BCUT2D eigenvalue weighted by atomic mass is 19.1.